The molecule has 3 rings (SSSR count). The van der Waals surface area contributed by atoms with Gasteiger partial charge in [0.25, 0.3) is 5.91 Å². The second-order valence-corrected chi connectivity index (χ2v) is 7.08. The minimum Gasteiger partial charge on any atom is -0.266 e. The molecule has 0 aliphatic heterocycles. The van der Waals surface area contributed by atoms with Gasteiger partial charge in [0.2, 0.25) is 0 Å². The molecule has 1 aliphatic carbocycles. The first-order valence-corrected chi connectivity index (χ1v) is 8.45. The zero-order valence-corrected chi connectivity index (χ0v) is 12.9. The molecule has 2 heterocycles. The first-order valence-electron chi connectivity index (χ1n) is 6.69. The van der Waals surface area contributed by atoms with E-state index in [1.807, 2.05) is 22.9 Å². The maximum Gasteiger partial charge on any atom is 0.281 e. The Kier molecular flexibility index (Phi) is 3.98. The van der Waals surface area contributed by atoms with Crippen molar-refractivity contribution < 1.29 is 4.79 Å². The summed E-state index contributed by atoms with van der Waals surface area (Å²) in [6, 6.07) is 4.00. The fourth-order valence-electron chi connectivity index (χ4n) is 2.39. The van der Waals surface area contributed by atoms with Crippen molar-refractivity contribution in [2.24, 2.45) is 11.0 Å². The first kappa shape index (κ1) is 13.5. The number of aryl methyl sites for hydroxylation is 1. The Morgan fingerprint density at radius 3 is 3.25 bits per heavy atom. The largest absolute Gasteiger partial charge is 0.281 e. The summed E-state index contributed by atoms with van der Waals surface area (Å²) in [5.41, 5.74) is 4.96. The number of fused-ring (bicyclic) bond motifs is 1. The van der Waals surface area contributed by atoms with Gasteiger partial charge in [-0.1, -0.05) is 6.92 Å². The molecule has 0 radical (unpaired) electrons. The summed E-state index contributed by atoms with van der Waals surface area (Å²) >= 11 is 3.22. The smallest absolute Gasteiger partial charge is 0.266 e. The summed E-state index contributed by atoms with van der Waals surface area (Å²) in [4.78, 5) is 14.2. The van der Waals surface area contributed by atoms with Gasteiger partial charge in [-0.3, -0.25) is 4.79 Å². The molecule has 1 atom stereocenters. The summed E-state index contributed by atoms with van der Waals surface area (Å²) in [5.74, 6) is 0.619. The molecular formula is C15H16N2OS2. The number of nitrogens with one attached hydrogen (secondary N) is 1. The Hall–Kier alpha value is -1.46. The van der Waals surface area contributed by atoms with E-state index in [1.54, 1.807) is 28.9 Å². The van der Waals surface area contributed by atoms with Crippen LogP contribution < -0.4 is 5.43 Å². The van der Waals surface area contributed by atoms with Gasteiger partial charge in [0.05, 0.1) is 11.1 Å². The van der Waals surface area contributed by atoms with Crippen LogP contribution >= 0.6 is 22.7 Å². The van der Waals surface area contributed by atoms with Crippen molar-refractivity contribution in [3.63, 3.8) is 0 Å². The molecule has 1 amide bonds. The van der Waals surface area contributed by atoms with Crippen molar-refractivity contribution in [1.82, 2.24) is 5.43 Å². The molecule has 0 spiro atoms. The quantitative estimate of drug-likeness (QED) is 0.682. The number of carbonyl (C=O) groups excluding carboxylic acids is 1. The number of nitrogens with zero attached hydrogens (tertiary/aromatic N) is 1. The van der Waals surface area contributed by atoms with E-state index >= 15 is 0 Å². The minimum atomic E-state index is -0.108. The number of carbonyl (C=O) groups is 1. The number of rotatable bonds is 3. The molecule has 2 aromatic rings. The Balaban J connectivity index is 1.66. The number of amides is 1. The number of hydrogen-bond acceptors (Lipinski definition) is 4. The van der Waals surface area contributed by atoms with E-state index in [1.165, 1.54) is 16.9 Å². The van der Waals surface area contributed by atoms with Crippen LogP contribution in [-0.2, 0) is 12.8 Å². The SMILES string of the molecule is C[C@H]1CCc2sc(C(=O)N/N=C\c3ccsc3)cc2C1. The van der Waals surface area contributed by atoms with Gasteiger partial charge in [-0.25, -0.2) is 5.43 Å². The molecule has 0 saturated carbocycles. The Morgan fingerprint density at radius 1 is 1.55 bits per heavy atom. The van der Waals surface area contributed by atoms with Crippen LogP contribution in [0.3, 0.4) is 0 Å². The van der Waals surface area contributed by atoms with Crippen LogP contribution in [0.25, 0.3) is 0 Å². The van der Waals surface area contributed by atoms with Gasteiger partial charge in [-0.2, -0.15) is 16.4 Å². The van der Waals surface area contributed by atoms with E-state index in [2.05, 4.69) is 17.5 Å². The highest BCUT2D eigenvalue weighted by molar-refractivity contribution is 7.14. The maximum atomic E-state index is 12.1. The van der Waals surface area contributed by atoms with Gasteiger partial charge in [-0.15, -0.1) is 11.3 Å². The maximum absolute atomic E-state index is 12.1. The molecule has 5 heteroatoms. The fourth-order valence-corrected chi connectivity index (χ4v) is 4.10. The topological polar surface area (TPSA) is 41.5 Å². The highest BCUT2D eigenvalue weighted by Gasteiger charge is 2.20. The van der Waals surface area contributed by atoms with Crippen LogP contribution in [0.2, 0.25) is 0 Å². The standard InChI is InChI=1S/C15H16N2OS2/c1-10-2-3-13-12(6-10)7-14(20-13)15(18)17-16-8-11-4-5-19-9-11/h4-5,7-10H,2-3,6H2,1H3,(H,17,18)/b16-8-/t10-/m0/s1. The fraction of sp³-hybridized carbons (Fsp3) is 0.333. The normalized spacial score (nSPS) is 18.1. The van der Waals surface area contributed by atoms with Crippen LogP contribution in [-0.4, -0.2) is 12.1 Å². The van der Waals surface area contributed by atoms with E-state index in [9.17, 15) is 4.79 Å². The molecule has 0 bridgehead atoms. The molecule has 0 aromatic carbocycles. The Bertz CT molecular complexity index is 628. The summed E-state index contributed by atoms with van der Waals surface area (Å²) < 4.78 is 0. The third kappa shape index (κ3) is 2.99. The van der Waals surface area contributed by atoms with Gasteiger partial charge >= 0.3 is 0 Å². The molecule has 104 valence electrons. The third-order valence-electron chi connectivity index (χ3n) is 3.48. The van der Waals surface area contributed by atoms with E-state index in [-0.39, 0.29) is 5.91 Å². The summed E-state index contributed by atoms with van der Waals surface area (Å²) in [6.07, 6.45) is 5.10. The number of thiophene rings is 2. The summed E-state index contributed by atoms with van der Waals surface area (Å²) in [7, 11) is 0. The molecule has 0 unspecified atom stereocenters. The lowest BCUT2D eigenvalue weighted by molar-refractivity contribution is 0.0959. The van der Waals surface area contributed by atoms with Crippen molar-refractivity contribution in [1.29, 1.82) is 0 Å². The molecule has 3 nitrogen and oxygen atoms in total. The van der Waals surface area contributed by atoms with Gasteiger partial charge < -0.3 is 0 Å². The lowest BCUT2D eigenvalue weighted by atomic mass is 9.90. The lowest BCUT2D eigenvalue weighted by Gasteiger charge is -2.16. The van der Waals surface area contributed by atoms with Crippen LogP contribution in [0.15, 0.2) is 28.0 Å². The Morgan fingerprint density at radius 2 is 2.45 bits per heavy atom. The third-order valence-corrected chi connectivity index (χ3v) is 5.41. The van der Waals surface area contributed by atoms with Gasteiger partial charge in [0.15, 0.2) is 0 Å². The van der Waals surface area contributed by atoms with Crippen molar-refractivity contribution in [2.45, 2.75) is 26.2 Å². The first-order chi connectivity index (χ1) is 9.72. The zero-order chi connectivity index (χ0) is 13.9. The van der Waals surface area contributed by atoms with Crippen molar-refractivity contribution in [3.05, 3.63) is 43.8 Å². The zero-order valence-electron chi connectivity index (χ0n) is 11.3. The van der Waals surface area contributed by atoms with Gasteiger partial charge in [-0.05, 0) is 53.6 Å². The molecule has 1 aliphatic rings. The highest BCUT2D eigenvalue weighted by Crippen LogP contribution is 2.32. The van der Waals surface area contributed by atoms with Crippen LogP contribution in [0.4, 0.5) is 0 Å². The van der Waals surface area contributed by atoms with Crippen molar-refractivity contribution in [3.8, 4) is 0 Å². The Labute approximate surface area is 126 Å². The van der Waals surface area contributed by atoms with Crippen LogP contribution in [0, 0.1) is 5.92 Å². The van der Waals surface area contributed by atoms with Gasteiger partial charge in [0, 0.05) is 10.4 Å². The number of hydrogen-bond donors (Lipinski definition) is 1. The molecule has 0 fully saturated rings. The predicted molar refractivity (Wildman–Crippen MR) is 84.9 cm³/mol. The highest BCUT2D eigenvalue weighted by atomic mass is 32.1. The lowest BCUT2D eigenvalue weighted by Crippen LogP contribution is -2.16. The minimum absolute atomic E-state index is 0.108. The van der Waals surface area contributed by atoms with E-state index in [0.29, 0.717) is 0 Å². The van der Waals surface area contributed by atoms with E-state index in [0.717, 1.165) is 29.2 Å². The monoisotopic (exact) mass is 304 g/mol. The van der Waals surface area contributed by atoms with E-state index in [4.69, 9.17) is 0 Å². The molecule has 2 aromatic heterocycles. The predicted octanol–water partition coefficient (Wildman–Crippen LogP) is 3.70. The summed E-state index contributed by atoms with van der Waals surface area (Å²) in [6.45, 7) is 2.27. The van der Waals surface area contributed by atoms with Crippen molar-refractivity contribution >= 4 is 34.8 Å². The average molecular weight is 304 g/mol. The van der Waals surface area contributed by atoms with Crippen LogP contribution in [0.5, 0.6) is 0 Å². The van der Waals surface area contributed by atoms with E-state index < -0.39 is 0 Å². The number of hydrazone groups is 1. The molecule has 0 saturated heterocycles. The second kappa shape index (κ2) is 5.89. The molecule has 20 heavy (non-hydrogen) atoms. The molecule has 1 N–H and O–H groups in total. The van der Waals surface area contributed by atoms with Crippen molar-refractivity contribution in [2.75, 3.05) is 0 Å². The molecular weight excluding hydrogens is 288 g/mol. The second-order valence-electron chi connectivity index (χ2n) is 5.16. The van der Waals surface area contributed by atoms with Crippen LogP contribution in [0.1, 0.15) is 39.0 Å². The summed E-state index contributed by atoms with van der Waals surface area (Å²) in [5, 5.41) is 7.97. The van der Waals surface area contributed by atoms with Gasteiger partial charge in [0.1, 0.15) is 0 Å². The average Bonchev–Trinajstić information content (AvgIpc) is 3.06.